The Balaban J connectivity index is 1.48. The van der Waals surface area contributed by atoms with Crippen LogP contribution in [0.2, 0.25) is 0 Å². The van der Waals surface area contributed by atoms with Crippen molar-refractivity contribution < 1.29 is 8.42 Å². The minimum atomic E-state index is -3.19. The van der Waals surface area contributed by atoms with Crippen molar-refractivity contribution in [2.24, 2.45) is 5.92 Å². The minimum absolute atomic E-state index is 0.658. The van der Waals surface area contributed by atoms with Gasteiger partial charge in [-0.3, -0.25) is 0 Å². The van der Waals surface area contributed by atoms with Gasteiger partial charge >= 0.3 is 0 Å². The van der Waals surface area contributed by atoms with Gasteiger partial charge in [-0.2, -0.15) is 17.0 Å². The summed E-state index contributed by atoms with van der Waals surface area (Å²) in [6.07, 6.45) is 6.28. The van der Waals surface area contributed by atoms with E-state index >= 15 is 0 Å². The molecule has 1 aromatic rings. The lowest BCUT2D eigenvalue weighted by Gasteiger charge is -2.33. The Bertz CT molecular complexity index is 560. The Morgan fingerprint density at radius 2 is 1.50 bits per heavy atom. The molecular weight excluding hydrogens is 296 g/mol. The highest BCUT2D eigenvalue weighted by molar-refractivity contribution is 7.86. The fraction of sp³-hybridized carbons (Fsp3) is 0.647. The molecule has 0 atom stereocenters. The van der Waals surface area contributed by atoms with Crippen LogP contribution in [-0.4, -0.2) is 43.2 Å². The Morgan fingerprint density at radius 1 is 0.909 bits per heavy atom. The maximum absolute atomic E-state index is 12.5. The zero-order valence-corrected chi connectivity index (χ0v) is 14.0. The van der Waals surface area contributed by atoms with E-state index in [1.165, 1.54) is 12.0 Å². The van der Waals surface area contributed by atoms with Gasteiger partial charge in [0.15, 0.2) is 0 Å². The van der Waals surface area contributed by atoms with Gasteiger partial charge in [0.2, 0.25) is 0 Å². The first-order valence-corrected chi connectivity index (χ1v) is 9.85. The highest BCUT2D eigenvalue weighted by atomic mass is 32.2. The van der Waals surface area contributed by atoms with E-state index in [4.69, 9.17) is 0 Å². The highest BCUT2D eigenvalue weighted by Gasteiger charge is 2.33. The molecule has 0 unspecified atom stereocenters. The van der Waals surface area contributed by atoms with E-state index in [2.05, 4.69) is 24.3 Å². The van der Waals surface area contributed by atoms with Crippen LogP contribution in [0, 0.1) is 5.92 Å². The Labute approximate surface area is 134 Å². The Hall–Kier alpha value is -0.910. The molecule has 4 nitrogen and oxygen atoms in total. The van der Waals surface area contributed by atoms with Gasteiger partial charge in [0.1, 0.15) is 0 Å². The number of hydrogen-bond donors (Lipinski definition) is 0. The second-order valence-electron chi connectivity index (χ2n) is 6.48. The molecule has 2 heterocycles. The third kappa shape index (κ3) is 3.70. The van der Waals surface area contributed by atoms with Gasteiger partial charge in [0, 0.05) is 26.2 Å². The summed E-state index contributed by atoms with van der Waals surface area (Å²) < 4.78 is 28.4. The number of aryl methyl sites for hydroxylation is 1. The molecule has 0 amide bonds. The molecule has 3 rings (SSSR count). The summed E-state index contributed by atoms with van der Waals surface area (Å²) in [4.78, 5) is 0. The number of rotatable bonds is 5. The molecule has 2 fully saturated rings. The van der Waals surface area contributed by atoms with Crippen LogP contribution in [0.25, 0.3) is 0 Å². The first-order valence-electron chi connectivity index (χ1n) is 8.45. The van der Waals surface area contributed by atoms with Gasteiger partial charge < -0.3 is 0 Å². The summed E-state index contributed by atoms with van der Waals surface area (Å²) >= 11 is 0. The molecular formula is C17H26N2O2S. The molecule has 0 bridgehead atoms. The fourth-order valence-corrected chi connectivity index (χ4v) is 5.24. The second kappa shape index (κ2) is 7.11. The topological polar surface area (TPSA) is 40.6 Å². The SMILES string of the molecule is O=S(=O)(N1CCCC1)N1CCC(CCc2ccccc2)CC1. The van der Waals surface area contributed by atoms with Crippen molar-refractivity contribution in [1.29, 1.82) is 0 Å². The average Bonchev–Trinajstić information content (AvgIpc) is 3.10. The fourth-order valence-electron chi connectivity index (χ4n) is 3.53. The summed E-state index contributed by atoms with van der Waals surface area (Å²) in [6.45, 7) is 2.79. The molecule has 0 aliphatic carbocycles. The molecule has 22 heavy (non-hydrogen) atoms. The van der Waals surface area contributed by atoms with Gasteiger partial charge in [-0.1, -0.05) is 30.3 Å². The lowest BCUT2D eigenvalue weighted by Crippen LogP contribution is -2.46. The molecule has 0 aromatic heterocycles. The van der Waals surface area contributed by atoms with Gasteiger partial charge in [-0.25, -0.2) is 0 Å². The van der Waals surface area contributed by atoms with E-state index in [1.807, 2.05) is 6.07 Å². The molecule has 0 radical (unpaired) electrons. The maximum Gasteiger partial charge on any atom is 0.281 e. The average molecular weight is 322 g/mol. The zero-order valence-electron chi connectivity index (χ0n) is 13.2. The number of nitrogens with zero attached hydrogens (tertiary/aromatic N) is 2. The van der Waals surface area contributed by atoms with Crippen LogP contribution in [0.5, 0.6) is 0 Å². The monoisotopic (exact) mass is 322 g/mol. The van der Waals surface area contributed by atoms with Crippen molar-refractivity contribution in [3.63, 3.8) is 0 Å². The molecule has 5 heteroatoms. The van der Waals surface area contributed by atoms with E-state index in [0.717, 1.165) is 32.1 Å². The highest BCUT2D eigenvalue weighted by Crippen LogP contribution is 2.26. The molecule has 1 aromatic carbocycles. The summed E-state index contributed by atoms with van der Waals surface area (Å²) in [6, 6.07) is 10.6. The Kier molecular flexibility index (Phi) is 5.16. The van der Waals surface area contributed by atoms with Crippen LogP contribution in [-0.2, 0) is 16.6 Å². The van der Waals surface area contributed by atoms with Crippen molar-refractivity contribution in [2.75, 3.05) is 26.2 Å². The van der Waals surface area contributed by atoms with Crippen molar-refractivity contribution in [2.45, 2.75) is 38.5 Å². The first-order chi connectivity index (χ1) is 10.7. The van der Waals surface area contributed by atoms with Crippen LogP contribution in [0.3, 0.4) is 0 Å². The number of piperidine rings is 1. The number of hydrogen-bond acceptors (Lipinski definition) is 2. The first kappa shape index (κ1) is 16.0. The smallest absolute Gasteiger partial charge is 0.195 e. The molecule has 2 saturated heterocycles. The minimum Gasteiger partial charge on any atom is -0.195 e. The summed E-state index contributed by atoms with van der Waals surface area (Å²) in [5.74, 6) is 0.658. The normalized spacial score (nSPS) is 22.2. The van der Waals surface area contributed by atoms with Crippen LogP contribution >= 0.6 is 0 Å². The molecule has 2 aliphatic heterocycles. The molecule has 2 aliphatic rings. The van der Waals surface area contributed by atoms with Gasteiger partial charge in [0.25, 0.3) is 10.2 Å². The maximum atomic E-state index is 12.5. The zero-order chi connectivity index (χ0) is 15.4. The summed E-state index contributed by atoms with van der Waals surface area (Å²) in [5.41, 5.74) is 1.38. The van der Waals surface area contributed by atoms with E-state index in [-0.39, 0.29) is 0 Å². The van der Waals surface area contributed by atoms with Gasteiger partial charge in [0.05, 0.1) is 0 Å². The van der Waals surface area contributed by atoms with Crippen LogP contribution < -0.4 is 0 Å². The molecule has 0 spiro atoms. The lowest BCUT2D eigenvalue weighted by molar-refractivity contribution is 0.250. The third-order valence-corrected chi connectivity index (χ3v) is 7.01. The number of benzene rings is 1. The van der Waals surface area contributed by atoms with E-state index in [1.54, 1.807) is 8.61 Å². The van der Waals surface area contributed by atoms with E-state index in [9.17, 15) is 8.42 Å². The molecule has 0 N–H and O–H groups in total. The largest absolute Gasteiger partial charge is 0.281 e. The van der Waals surface area contributed by atoms with Gasteiger partial charge in [-0.15, -0.1) is 0 Å². The summed E-state index contributed by atoms with van der Waals surface area (Å²) in [5, 5.41) is 0. The van der Waals surface area contributed by atoms with Crippen LogP contribution in [0.15, 0.2) is 30.3 Å². The lowest BCUT2D eigenvalue weighted by atomic mass is 9.91. The van der Waals surface area contributed by atoms with E-state index in [0.29, 0.717) is 32.1 Å². The molecule has 122 valence electrons. The quantitative estimate of drug-likeness (QED) is 0.836. The second-order valence-corrected chi connectivity index (χ2v) is 8.41. The Morgan fingerprint density at radius 3 is 2.14 bits per heavy atom. The van der Waals surface area contributed by atoms with Crippen molar-refractivity contribution in [3.05, 3.63) is 35.9 Å². The predicted octanol–water partition coefficient (Wildman–Crippen LogP) is 2.67. The third-order valence-electron chi connectivity index (χ3n) is 4.98. The van der Waals surface area contributed by atoms with Crippen LogP contribution in [0.4, 0.5) is 0 Å². The van der Waals surface area contributed by atoms with Crippen molar-refractivity contribution >= 4 is 10.2 Å². The standard InChI is InChI=1S/C17H26N2O2S/c20-22(21,18-12-4-5-13-18)19-14-10-17(11-15-19)9-8-16-6-2-1-3-7-16/h1-3,6-7,17H,4-5,8-15H2. The van der Waals surface area contributed by atoms with Gasteiger partial charge in [-0.05, 0) is 50.0 Å². The summed E-state index contributed by atoms with van der Waals surface area (Å²) in [7, 11) is -3.19. The van der Waals surface area contributed by atoms with Crippen molar-refractivity contribution in [3.8, 4) is 0 Å². The van der Waals surface area contributed by atoms with Crippen LogP contribution in [0.1, 0.15) is 37.7 Å². The predicted molar refractivity (Wildman–Crippen MR) is 88.8 cm³/mol. The van der Waals surface area contributed by atoms with E-state index < -0.39 is 10.2 Å². The molecule has 0 saturated carbocycles. The van der Waals surface area contributed by atoms with Crippen molar-refractivity contribution in [1.82, 2.24) is 8.61 Å².